The summed E-state index contributed by atoms with van der Waals surface area (Å²) in [6.07, 6.45) is -2.76. The van der Waals surface area contributed by atoms with Gasteiger partial charge in [-0.3, -0.25) is 4.79 Å². The molecule has 9 nitrogen and oxygen atoms in total. The summed E-state index contributed by atoms with van der Waals surface area (Å²) in [6, 6.07) is 11.4. The molecule has 0 saturated heterocycles. The molecule has 1 saturated carbocycles. The Bertz CT molecular complexity index is 1410. The molecule has 0 spiro atoms. The Kier molecular flexibility index (Phi) is 5.32. The molecular weight excluding hydrogens is 493 g/mol. The number of nitrogens with zero attached hydrogens (tertiary/aromatic N) is 1. The predicted octanol–water partition coefficient (Wildman–Crippen LogP) is 4.71. The smallest absolute Gasteiger partial charge is 0.487 e. The van der Waals surface area contributed by atoms with Gasteiger partial charge < -0.3 is 30.2 Å². The van der Waals surface area contributed by atoms with Crippen LogP contribution in [0.3, 0.4) is 0 Å². The van der Waals surface area contributed by atoms with E-state index in [2.05, 4.69) is 25.7 Å². The minimum atomic E-state index is -4.89. The Morgan fingerprint density at radius 2 is 1.95 bits per heavy atom. The van der Waals surface area contributed by atoms with Gasteiger partial charge in [-0.2, -0.15) is 0 Å². The molecule has 190 valence electrons. The van der Waals surface area contributed by atoms with Crippen molar-refractivity contribution in [3.8, 4) is 23.0 Å². The van der Waals surface area contributed by atoms with E-state index in [0.717, 1.165) is 17.2 Å². The molecule has 1 aliphatic carbocycles. The van der Waals surface area contributed by atoms with Gasteiger partial charge >= 0.3 is 12.4 Å². The van der Waals surface area contributed by atoms with Crippen LogP contribution in [-0.2, 0) is 11.2 Å². The molecule has 1 fully saturated rings. The number of pyridine rings is 1. The number of ether oxygens (including phenoxy) is 3. The van der Waals surface area contributed by atoms with Crippen LogP contribution in [0.15, 0.2) is 54.7 Å². The van der Waals surface area contributed by atoms with Crippen molar-refractivity contribution in [2.24, 2.45) is 0 Å². The average molecular weight is 512 g/mol. The van der Waals surface area contributed by atoms with E-state index in [1.54, 1.807) is 24.4 Å². The van der Waals surface area contributed by atoms with Crippen LogP contribution in [0, 0.1) is 0 Å². The van der Waals surface area contributed by atoms with E-state index >= 15 is 0 Å². The average Bonchev–Trinajstić information content (AvgIpc) is 3.35. The van der Waals surface area contributed by atoms with Gasteiger partial charge in [0.25, 0.3) is 0 Å². The summed E-state index contributed by atoms with van der Waals surface area (Å²) >= 11 is 0. The highest BCUT2D eigenvalue weighted by Crippen LogP contribution is 2.54. The molecule has 0 bridgehead atoms. The number of alkyl halides is 3. The zero-order chi connectivity index (χ0) is 25.7. The van der Waals surface area contributed by atoms with Gasteiger partial charge in [0.05, 0.1) is 17.6 Å². The van der Waals surface area contributed by atoms with E-state index in [0.29, 0.717) is 35.9 Å². The minimum Gasteiger partial charge on any atom is -0.487 e. The van der Waals surface area contributed by atoms with E-state index in [1.807, 2.05) is 6.07 Å². The number of benzene rings is 2. The second-order valence-electron chi connectivity index (χ2n) is 8.76. The number of hydrogen-bond acceptors (Lipinski definition) is 6. The number of nitrogens with one attached hydrogen (secondary N) is 3. The Morgan fingerprint density at radius 1 is 1.11 bits per heavy atom. The highest BCUT2D eigenvalue weighted by Gasteiger charge is 2.59. The number of fused-ring (bicyclic) bond motifs is 4. The molecule has 1 aromatic heterocycles. The Labute approximate surface area is 207 Å². The van der Waals surface area contributed by atoms with E-state index in [1.165, 1.54) is 18.2 Å². The molecule has 37 heavy (non-hydrogen) atoms. The first kappa shape index (κ1) is 23.0. The summed E-state index contributed by atoms with van der Waals surface area (Å²) in [5.74, 6) is 1.57. The quantitative estimate of drug-likeness (QED) is 0.457. The molecule has 3 heterocycles. The molecule has 3 aromatic rings. The molecule has 2 aliphatic heterocycles. The molecule has 3 amide bonds. The molecular formula is C25H19F3N4O5. The van der Waals surface area contributed by atoms with Crippen LogP contribution in [0.4, 0.5) is 29.5 Å². The second-order valence-corrected chi connectivity index (χ2v) is 8.76. The molecule has 3 aliphatic rings. The number of rotatable bonds is 5. The van der Waals surface area contributed by atoms with E-state index in [4.69, 9.17) is 9.47 Å². The summed E-state index contributed by atoms with van der Waals surface area (Å²) in [5.41, 5.74) is 1.55. The van der Waals surface area contributed by atoms with Crippen LogP contribution in [0.25, 0.3) is 0 Å². The predicted molar refractivity (Wildman–Crippen MR) is 124 cm³/mol. The van der Waals surface area contributed by atoms with Gasteiger partial charge in [0, 0.05) is 23.7 Å². The third kappa shape index (κ3) is 4.57. The fraction of sp³-hybridized carbons (Fsp3) is 0.240. The third-order valence-corrected chi connectivity index (χ3v) is 6.32. The number of anilines is 2. The summed E-state index contributed by atoms with van der Waals surface area (Å²) in [4.78, 5) is 28.4. The number of carbonyl (C=O) groups is 2. The number of hydrogen-bond donors (Lipinski definition) is 3. The normalized spacial score (nSPS) is 20.9. The first-order chi connectivity index (χ1) is 17.7. The Hall–Kier alpha value is -4.48. The fourth-order valence-corrected chi connectivity index (χ4v) is 4.65. The van der Waals surface area contributed by atoms with Crippen molar-refractivity contribution in [3.05, 3.63) is 65.9 Å². The lowest BCUT2D eigenvalue weighted by Gasteiger charge is -2.19. The molecule has 6 rings (SSSR count). The van der Waals surface area contributed by atoms with Gasteiger partial charge in [-0.25, -0.2) is 9.78 Å². The number of urea groups is 1. The van der Waals surface area contributed by atoms with Crippen molar-refractivity contribution in [1.82, 2.24) is 10.3 Å². The van der Waals surface area contributed by atoms with Crippen molar-refractivity contribution < 1.29 is 37.0 Å². The number of amides is 3. The van der Waals surface area contributed by atoms with Crippen molar-refractivity contribution in [2.75, 3.05) is 10.6 Å². The van der Waals surface area contributed by atoms with Gasteiger partial charge in [0.2, 0.25) is 5.91 Å². The maximum Gasteiger partial charge on any atom is 0.573 e. The molecule has 0 unspecified atom stereocenters. The maximum atomic E-state index is 12.6. The second kappa shape index (κ2) is 8.57. The van der Waals surface area contributed by atoms with E-state index in [9.17, 15) is 22.8 Å². The lowest BCUT2D eigenvalue weighted by molar-refractivity contribution is -0.274. The molecule has 2 aromatic carbocycles. The Balaban J connectivity index is 1.13. The first-order valence-corrected chi connectivity index (χ1v) is 11.4. The monoisotopic (exact) mass is 512 g/mol. The van der Waals surface area contributed by atoms with E-state index < -0.39 is 18.1 Å². The fourth-order valence-electron chi connectivity index (χ4n) is 4.65. The number of carbonyl (C=O) groups excluding carboxylic acids is 2. The standard InChI is InChI=1S/C25H19F3N4O5/c26-25(27,28)37-18-4-2-1-3-15(18)30-24(34)32-21-20-14-11-12(5-7-16(14)36-22(20)21)35-17-9-10-29-23-13(17)6-8-19(33)31-23/h1-5,7,9-11,20-22H,6,8H2,(H,29,31,33)(H2,30,32,34)/t20-,21+,22-/m0/s1. The highest BCUT2D eigenvalue weighted by atomic mass is 19.4. The van der Waals surface area contributed by atoms with Gasteiger partial charge in [-0.1, -0.05) is 12.1 Å². The number of aromatic nitrogens is 1. The largest absolute Gasteiger partial charge is 0.573 e. The van der Waals surface area contributed by atoms with Gasteiger partial charge in [0.1, 0.15) is 29.2 Å². The molecule has 12 heteroatoms. The van der Waals surface area contributed by atoms with Gasteiger partial charge in [-0.05, 0) is 42.8 Å². The number of para-hydroxylation sites is 2. The van der Waals surface area contributed by atoms with Crippen molar-refractivity contribution in [3.63, 3.8) is 0 Å². The van der Waals surface area contributed by atoms with Crippen molar-refractivity contribution >= 4 is 23.4 Å². The zero-order valence-corrected chi connectivity index (χ0v) is 19.0. The molecule has 3 N–H and O–H groups in total. The summed E-state index contributed by atoms with van der Waals surface area (Å²) in [5, 5.41) is 7.89. The third-order valence-electron chi connectivity index (χ3n) is 6.32. The SMILES string of the molecule is O=C1CCc2c(Oc3ccc4c(c3)[C@H]3[C@@H](NC(=O)Nc5ccccc5OC(F)(F)F)[C@H]3O4)ccnc2N1. The first-order valence-electron chi connectivity index (χ1n) is 11.4. The van der Waals surface area contributed by atoms with Crippen LogP contribution in [0.5, 0.6) is 23.0 Å². The van der Waals surface area contributed by atoms with Gasteiger partial charge in [0.15, 0.2) is 5.75 Å². The highest BCUT2D eigenvalue weighted by molar-refractivity contribution is 5.93. The van der Waals surface area contributed by atoms with E-state index in [-0.39, 0.29) is 29.7 Å². The van der Waals surface area contributed by atoms with Crippen LogP contribution >= 0.6 is 0 Å². The topological polar surface area (TPSA) is 111 Å². The lowest BCUT2D eigenvalue weighted by atomic mass is 10.1. The molecule has 3 atom stereocenters. The van der Waals surface area contributed by atoms with Crippen LogP contribution in [0.1, 0.15) is 23.5 Å². The zero-order valence-electron chi connectivity index (χ0n) is 19.0. The van der Waals surface area contributed by atoms with Crippen LogP contribution < -0.4 is 30.2 Å². The lowest BCUT2D eigenvalue weighted by Crippen LogP contribution is -2.34. The summed E-state index contributed by atoms with van der Waals surface area (Å²) in [6.45, 7) is 0. The summed E-state index contributed by atoms with van der Waals surface area (Å²) < 4.78 is 53.9. The number of halogens is 3. The Morgan fingerprint density at radius 3 is 2.78 bits per heavy atom. The van der Waals surface area contributed by atoms with Crippen molar-refractivity contribution in [1.29, 1.82) is 0 Å². The van der Waals surface area contributed by atoms with Gasteiger partial charge in [-0.15, -0.1) is 13.2 Å². The van der Waals surface area contributed by atoms with Crippen molar-refractivity contribution in [2.45, 2.75) is 37.3 Å². The van der Waals surface area contributed by atoms with Crippen LogP contribution in [0.2, 0.25) is 0 Å². The maximum absolute atomic E-state index is 12.6. The summed E-state index contributed by atoms with van der Waals surface area (Å²) in [7, 11) is 0. The molecule has 0 radical (unpaired) electrons. The van der Waals surface area contributed by atoms with Crippen LogP contribution in [-0.4, -0.2) is 35.4 Å². The minimum absolute atomic E-state index is 0.0921.